The third-order valence-corrected chi connectivity index (χ3v) is 4.03. The van der Waals surface area contributed by atoms with Gasteiger partial charge in [-0.2, -0.15) is 5.10 Å². The molecule has 2 rings (SSSR count). The van der Waals surface area contributed by atoms with E-state index in [4.69, 9.17) is 5.11 Å². The highest BCUT2D eigenvalue weighted by atomic mass is 32.2. The summed E-state index contributed by atoms with van der Waals surface area (Å²) in [6, 6.07) is 7.74. The lowest BCUT2D eigenvalue weighted by Crippen LogP contribution is -2.26. The van der Waals surface area contributed by atoms with Gasteiger partial charge in [-0.3, -0.25) is 5.10 Å². The van der Waals surface area contributed by atoms with Crippen molar-refractivity contribution in [3.05, 3.63) is 47.7 Å². The van der Waals surface area contributed by atoms with Crippen LogP contribution in [-0.4, -0.2) is 36.2 Å². The topological polar surface area (TPSA) is 112 Å². The molecule has 1 aromatic heterocycles. The molecule has 0 aliphatic heterocycles. The number of aromatic carboxylic acids is 1. The summed E-state index contributed by atoms with van der Waals surface area (Å²) in [5, 5.41) is 14.8. The van der Waals surface area contributed by atoms with Gasteiger partial charge in [0.25, 0.3) is 10.0 Å². The molecule has 0 bridgehead atoms. The van der Waals surface area contributed by atoms with E-state index in [1.165, 1.54) is 24.4 Å². The van der Waals surface area contributed by atoms with E-state index < -0.39 is 16.0 Å². The van der Waals surface area contributed by atoms with Crippen LogP contribution in [0.15, 0.2) is 41.6 Å². The number of nitrogens with one attached hydrogen (secondary N) is 2. The van der Waals surface area contributed by atoms with E-state index in [1.807, 2.05) is 0 Å². The predicted molar refractivity (Wildman–Crippen MR) is 70.9 cm³/mol. The molecule has 1 aromatic carbocycles. The van der Waals surface area contributed by atoms with Gasteiger partial charge in [0.2, 0.25) is 0 Å². The fraction of sp³-hybridized carbons (Fsp3) is 0.167. The number of H-pyrrole nitrogens is 1. The molecule has 1 heterocycles. The van der Waals surface area contributed by atoms with Gasteiger partial charge in [0.15, 0.2) is 5.03 Å². The standard InChI is InChI=1S/C12H13N3O4S/c16-12(17)10-3-1-2-9(8-10)4-7-14-20(18,19)11-5-6-13-15-11/h1-3,5-6,8,14H,4,7H2,(H,13,15)(H,16,17). The average Bonchev–Trinajstić information content (AvgIpc) is 2.93. The second-order valence-electron chi connectivity index (χ2n) is 4.07. The number of sulfonamides is 1. The van der Waals surface area contributed by atoms with Crippen molar-refractivity contribution >= 4 is 16.0 Å². The van der Waals surface area contributed by atoms with E-state index in [2.05, 4.69) is 14.9 Å². The van der Waals surface area contributed by atoms with Crippen molar-refractivity contribution < 1.29 is 18.3 Å². The minimum Gasteiger partial charge on any atom is -0.478 e. The molecular weight excluding hydrogens is 282 g/mol. The van der Waals surface area contributed by atoms with Crippen LogP contribution in [0.5, 0.6) is 0 Å². The SMILES string of the molecule is O=C(O)c1cccc(CCNS(=O)(=O)c2ccn[nH]2)c1. The van der Waals surface area contributed by atoms with Gasteiger partial charge in [0, 0.05) is 6.54 Å². The monoisotopic (exact) mass is 295 g/mol. The minimum absolute atomic E-state index is 0.00298. The Morgan fingerprint density at radius 1 is 1.35 bits per heavy atom. The zero-order chi connectivity index (χ0) is 14.6. The van der Waals surface area contributed by atoms with Gasteiger partial charge in [-0.25, -0.2) is 17.9 Å². The van der Waals surface area contributed by atoms with E-state index >= 15 is 0 Å². The zero-order valence-corrected chi connectivity index (χ0v) is 11.2. The number of aromatic nitrogens is 2. The summed E-state index contributed by atoms with van der Waals surface area (Å²) < 4.78 is 26.0. The molecule has 0 saturated carbocycles. The normalized spacial score (nSPS) is 11.4. The number of aromatic amines is 1. The molecule has 0 aliphatic rings. The fourth-order valence-electron chi connectivity index (χ4n) is 1.66. The van der Waals surface area contributed by atoms with Crippen LogP contribution in [0.4, 0.5) is 0 Å². The smallest absolute Gasteiger partial charge is 0.335 e. The highest BCUT2D eigenvalue weighted by Crippen LogP contribution is 2.07. The Bertz CT molecular complexity index is 695. The molecule has 20 heavy (non-hydrogen) atoms. The third-order valence-electron chi connectivity index (χ3n) is 2.64. The van der Waals surface area contributed by atoms with Gasteiger partial charge in [0.05, 0.1) is 11.8 Å². The first-order chi connectivity index (χ1) is 9.49. The first-order valence-corrected chi connectivity index (χ1v) is 7.28. The summed E-state index contributed by atoms with van der Waals surface area (Å²) in [7, 11) is -3.60. The molecule has 106 valence electrons. The quantitative estimate of drug-likeness (QED) is 0.723. The summed E-state index contributed by atoms with van der Waals surface area (Å²) in [6.07, 6.45) is 1.75. The average molecular weight is 295 g/mol. The van der Waals surface area contributed by atoms with Crippen LogP contribution in [0, 0.1) is 0 Å². The number of carboxylic acids is 1. The number of carboxylic acid groups (broad SMARTS) is 1. The van der Waals surface area contributed by atoms with E-state index in [9.17, 15) is 13.2 Å². The van der Waals surface area contributed by atoms with Gasteiger partial charge < -0.3 is 5.11 Å². The summed E-state index contributed by atoms with van der Waals surface area (Å²) in [5.41, 5.74) is 0.927. The van der Waals surface area contributed by atoms with Gasteiger partial charge in [0.1, 0.15) is 0 Å². The van der Waals surface area contributed by atoms with Crippen LogP contribution in [-0.2, 0) is 16.4 Å². The third kappa shape index (κ3) is 3.43. The first kappa shape index (κ1) is 14.2. The van der Waals surface area contributed by atoms with Crippen molar-refractivity contribution in [2.75, 3.05) is 6.54 Å². The molecule has 2 aromatic rings. The van der Waals surface area contributed by atoms with Crippen molar-refractivity contribution in [2.24, 2.45) is 0 Å². The molecule has 0 spiro atoms. The van der Waals surface area contributed by atoms with Crippen LogP contribution in [0.3, 0.4) is 0 Å². The summed E-state index contributed by atoms with van der Waals surface area (Å²) in [6.45, 7) is 0.171. The number of hydrogen-bond donors (Lipinski definition) is 3. The molecule has 0 saturated heterocycles. The zero-order valence-electron chi connectivity index (χ0n) is 10.4. The maximum Gasteiger partial charge on any atom is 0.335 e. The molecular formula is C12H13N3O4S. The highest BCUT2D eigenvalue weighted by molar-refractivity contribution is 7.89. The van der Waals surface area contributed by atoms with Crippen LogP contribution in [0.1, 0.15) is 15.9 Å². The Morgan fingerprint density at radius 2 is 2.15 bits per heavy atom. The van der Waals surface area contributed by atoms with E-state index in [1.54, 1.807) is 12.1 Å². The van der Waals surface area contributed by atoms with Gasteiger partial charge in [-0.05, 0) is 30.2 Å². The molecule has 0 atom stereocenters. The van der Waals surface area contributed by atoms with E-state index in [0.29, 0.717) is 6.42 Å². The molecule has 7 nitrogen and oxygen atoms in total. The molecule has 8 heteroatoms. The molecule has 0 fully saturated rings. The fourth-order valence-corrected chi connectivity index (χ4v) is 2.60. The molecule has 0 aliphatic carbocycles. The Balaban J connectivity index is 1.97. The lowest BCUT2D eigenvalue weighted by atomic mass is 10.1. The van der Waals surface area contributed by atoms with Crippen molar-refractivity contribution in [3.63, 3.8) is 0 Å². The van der Waals surface area contributed by atoms with Gasteiger partial charge in [-0.15, -0.1) is 0 Å². The van der Waals surface area contributed by atoms with Gasteiger partial charge in [-0.1, -0.05) is 12.1 Å². The number of benzene rings is 1. The van der Waals surface area contributed by atoms with Crippen LogP contribution in [0.25, 0.3) is 0 Å². The lowest BCUT2D eigenvalue weighted by molar-refractivity contribution is 0.0696. The molecule has 3 N–H and O–H groups in total. The lowest BCUT2D eigenvalue weighted by Gasteiger charge is -2.05. The number of nitrogens with zero attached hydrogens (tertiary/aromatic N) is 1. The maximum absolute atomic E-state index is 11.8. The molecule has 0 amide bonds. The van der Waals surface area contributed by atoms with Crippen LogP contribution >= 0.6 is 0 Å². The predicted octanol–water partition coefficient (Wildman–Crippen LogP) is 0.629. The Hall–Kier alpha value is -2.19. The Morgan fingerprint density at radius 3 is 2.80 bits per heavy atom. The molecule has 0 radical (unpaired) electrons. The number of hydrogen-bond acceptors (Lipinski definition) is 4. The van der Waals surface area contributed by atoms with Crippen LogP contribution in [0.2, 0.25) is 0 Å². The van der Waals surface area contributed by atoms with Crippen molar-refractivity contribution in [2.45, 2.75) is 11.4 Å². The highest BCUT2D eigenvalue weighted by Gasteiger charge is 2.14. The largest absolute Gasteiger partial charge is 0.478 e. The van der Waals surface area contributed by atoms with Crippen LogP contribution < -0.4 is 4.72 Å². The number of rotatable bonds is 6. The first-order valence-electron chi connectivity index (χ1n) is 5.80. The Labute approximate surface area is 115 Å². The van der Waals surface area contributed by atoms with Crippen molar-refractivity contribution in [1.29, 1.82) is 0 Å². The number of carbonyl (C=O) groups is 1. The molecule has 0 unspecified atom stereocenters. The summed E-state index contributed by atoms with van der Waals surface area (Å²) in [4.78, 5) is 10.8. The second kappa shape index (κ2) is 5.85. The van der Waals surface area contributed by atoms with E-state index in [-0.39, 0.29) is 17.1 Å². The maximum atomic E-state index is 11.8. The summed E-state index contributed by atoms with van der Waals surface area (Å²) >= 11 is 0. The van der Waals surface area contributed by atoms with Crippen molar-refractivity contribution in [1.82, 2.24) is 14.9 Å². The second-order valence-corrected chi connectivity index (χ2v) is 5.81. The Kier molecular flexibility index (Phi) is 4.16. The van der Waals surface area contributed by atoms with Gasteiger partial charge >= 0.3 is 5.97 Å². The minimum atomic E-state index is -3.60. The van der Waals surface area contributed by atoms with E-state index in [0.717, 1.165) is 5.56 Å². The summed E-state index contributed by atoms with van der Waals surface area (Å²) in [5.74, 6) is -1.01. The van der Waals surface area contributed by atoms with Crippen molar-refractivity contribution in [3.8, 4) is 0 Å².